The van der Waals surface area contributed by atoms with Gasteiger partial charge in [-0.15, -0.1) is 0 Å². The molecule has 0 unspecified atom stereocenters. The lowest BCUT2D eigenvalue weighted by Crippen LogP contribution is -2.36. The molecule has 1 amide bonds. The van der Waals surface area contributed by atoms with Gasteiger partial charge in [0.25, 0.3) is 5.91 Å². The minimum atomic E-state index is -0.106. The number of halogens is 1. The average molecular weight is 268 g/mol. The van der Waals surface area contributed by atoms with Crippen LogP contribution in [0.4, 0.5) is 5.82 Å². The number of anilines is 1. The van der Waals surface area contributed by atoms with E-state index >= 15 is 0 Å². The Balaban J connectivity index is 2.07. The van der Waals surface area contributed by atoms with Crippen LogP contribution in [0.1, 0.15) is 42.5 Å². The van der Waals surface area contributed by atoms with Crippen molar-refractivity contribution in [1.29, 1.82) is 0 Å². The summed E-state index contributed by atoms with van der Waals surface area (Å²) in [5.74, 6) is 0.541. The largest absolute Gasteiger partial charge is 0.373 e. The number of carbonyl (C=O) groups excluding carboxylic acids is 1. The van der Waals surface area contributed by atoms with Crippen LogP contribution >= 0.6 is 11.6 Å². The van der Waals surface area contributed by atoms with E-state index in [0.717, 1.165) is 12.8 Å². The first-order valence-corrected chi connectivity index (χ1v) is 6.72. The second-order valence-corrected chi connectivity index (χ2v) is 5.01. The molecule has 0 aliphatic heterocycles. The van der Waals surface area contributed by atoms with Gasteiger partial charge in [-0.1, -0.05) is 30.9 Å². The summed E-state index contributed by atoms with van der Waals surface area (Å²) in [4.78, 5) is 16.2. The second kappa shape index (κ2) is 6.05. The van der Waals surface area contributed by atoms with Gasteiger partial charge in [-0.3, -0.25) is 4.79 Å². The van der Waals surface area contributed by atoms with Crippen molar-refractivity contribution in [2.75, 3.05) is 12.4 Å². The number of pyridine rings is 1. The molecule has 0 radical (unpaired) electrons. The maximum atomic E-state index is 12.2. The minimum absolute atomic E-state index is 0.106. The number of aromatic nitrogens is 1. The first-order chi connectivity index (χ1) is 8.70. The summed E-state index contributed by atoms with van der Waals surface area (Å²) in [6.45, 7) is 0. The van der Waals surface area contributed by atoms with Crippen LogP contribution < -0.4 is 10.6 Å². The Morgan fingerprint density at radius 3 is 2.78 bits per heavy atom. The van der Waals surface area contributed by atoms with E-state index in [-0.39, 0.29) is 11.9 Å². The quantitative estimate of drug-likeness (QED) is 0.885. The summed E-state index contributed by atoms with van der Waals surface area (Å²) >= 11 is 6.01. The third-order valence-electron chi connectivity index (χ3n) is 3.30. The van der Waals surface area contributed by atoms with Gasteiger partial charge in [-0.25, -0.2) is 4.98 Å². The molecular weight excluding hydrogens is 250 g/mol. The van der Waals surface area contributed by atoms with E-state index in [4.69, 9.17) is 11.6 Å². The maximum absolute atomic E-state index is 12.2. The summed E-state index contributed by atoms with van der Waals surface area (Å²) in [6, 6.07) is 1.97. The molecule has 98 valence electrons. The Kier molecular flexibility index (Phi) is 4.42. The highest BCUT2D eigenvalue weighted by Crippen LogP contribution is 2.21. The SMILES string of the molecule is CNc1cc(C(=O)NC2CCCCC2)c(Cl)cn1. The van der Waals surface area contributed by atoms with E-state index in [1.165, 1.54) is 25.5 Å². The Hall–Kier alpha value is -1.29. The van der Waals surface area contributed by atoms with Crippen LogP contribution in [0.3, 0.4) is 0 Å². The van der Waals surface area contributed by atoms with E-state index in [9.17, 15) is 4.79 Å². The molecule has 5 heteroatoms. The fourth-order valence-electron chi connectivity index (χ4n) is 2.26. The van der Waals surface area contributed by atoms with Crippen molar-refractivity contribution in [2.45, 2.75) is 38.1 Å². The zero-order valence-electron chi connectivity index (χ0n) is 10.5. The smallest absolute Gasteiger partial charge is 0.253 e. The summed E-state index contributed by atoms with van der Waals surface area (Å²) in [6.07, 6.45) is 7.28. The van der Waals surface area contributed by atoms with Crippen LogP contribution in [0, 0.1) is 0 Å². The van der Waals surface area contributed by atoms with Crippen molar-refractivity contribution < 1.29 is 4.79 Å². The molecule has 1 aliphatic carbocycles. The van der Waals surface area contributed by atoms with E-state index in [0.29, 0.717) is 16.4 Å². The number of hydrogen-bond acceptors (Lipinski definition) is 3. The molecule has 1 fully saturated rings. The van der Waals surface area contributed by atoms with Crippen molar-refractivity contribution in [3.63, 3.8) is 0 Å². The molecule has 1 heterocycles. The number of amides is 1. The van der Waals surface area contributed by atoms with E-state index in [2.05, 4.69) is 15.6 Å². The van der Waals surface area contributed by atoms with Crippen molar-refractivity contribution in [3.05, 3.63) is 22.8 Å². The highest BCUT2D eigenvalue weighted by atomic mass is 35.5. The minimum Gasteiger partial charge on any atom is -0.373 e. The van der Waals surface area contributed by atoms with E-state index in [1.807, 2.05) is 0 Å². The predicted molar refractivity (Wildman–Crippen MR) is 73.1 cm³/mol. The van der Waals surface area contributed by atoms with Crippen molar-refractivity contribution in [1.82, 2.24) is 10.3 Å². The maximum Gasteiger partial charge on any atom is 0.253 e. The molecule has 0 saturated heterocycles. The Morgan fingerprint density at radius 2 is 2.11 bits per heavy atom. The summed E-state index contributed by atoms with van der Waals surface area (Å²) in [5.41, 5.74) is 0.488. The molecule has 18 heavy (non-hydrogen) atoms. The zero-order valence-corrected chi connectivity index (χ0v) is 11.3. The molecule has 0 bridgehead atoms. The molecule has 4 nitrogen and oxygen atoms in total. The zero-order chi connectivity index (χ0) is 13.0. The van der Waals surface area contributed by atoms with Gasteiger partial charge in [-0.2, -0.15) is 0 Å². The predicted octanol–water partition coefficient (Wildman–Crippen LogP) is 2.84. The van der Waals surface area contributed by atoms with Crippen molar-refractivity contribution in [3.8, 4) is 0 Å². The number of nitrogens with zero attached hydrogens (tertiary/aromatic N) is 1. The molecule has 1 aromatic heterocycles. The molecule has 2 rings (SSSR count). The number of nitrogens with one attached hydrogen (secondary N) is 2. The fourth-order valence-corrected chi connectivity index (χ4v) is 2.45. The number of carbonyl (C=O) groups is 1. The van der Waals surface area contributed by atoms with Gasteiger partial charge >= 0.3 is 0 Å². The van der Waals surface area contributed by atoms with Crippen molar-refractivity contribution in [2.24, 2.45) is 0 Å². The fraction of sp³-hybridized carbons (Fsp3) is 0.538. The van der Waals surface area contributed by atoms with Crippen LogP contribution in [-0.2, 0) is 0 Å². The lowest BCUT2D eigenvalue weighted by atomic mass is 9.95. The van der Waals surface area contributed by atoms with Gasteiger partial charge in [0.05, 0.1) is 10.6 Å². The van der Waals surface area contributed by atoms with Crippen LogP contribution in [0.5, 0.6) is 0 Å². The second-order valence-electron chi connectivity index (χ2n) is 4.61. The highest BCUT2D eigenvalue weighted by molar-refractivity contribution is 6.33. The molecule has 0 atom stereocenters. The monoisotopic (exact) mass is 267 g/mol. The van der Waals surface area contributed by atoms with Crippen LogP contribution in [0.15, 0.2) is 12.3 Å². The summed E-state index contributed by atoms with van der Waals surface area (Å²) in [5, 5.41) is 6.34. The average Bonchev–Trinajstić information content (AvgIpc) is 2.40. The molecule has 1 aromatic rings. The lowest BCUT2D eigenvalue weighted by Gasteiger charge is -2.23. The van der Waals surface area contributed by atoms with E-state index < -0.39 is 0 Å². The third kappa shape index (κ3) is 3.13. The standard InChI is InChI=1S/C13H18ClN3O/c1-15-12-7-10(11(14)8-16-12)13(18)17-9-5-3-2-4-6-9/h7-9H,2-6H2,1H3,(H,15,16)(H,17,18). The molecule has 1 aliphatic rings. The van der Waals surface area contributed by atoms with Crippen LogP contribution in [0.25, 0.3) is 0 Å². The first kappa shape index (κ1) is 13.1. The van der Waals surface area contributed by atoms with Gasteiger partial charge in [0.15, 0.2) is 0 Å². The molecule has 1 saturated carbocycles. The first-order valence-electron chi connectivity index (χ1n) is 6.35. The number of hydrogen-bond donors (Lipinski definition) is 2. The highest BCUT2D eigenvalue weighted by Gasteiger charge is 2.18. The summed E-state index contributed by atoms with van der Waals surface area (Å²) < 4.78 is 0. The van der Waals surface area contributed by atoms with Gasteiger partial charge < -0.3 is 10.6 Å². The van der Waals surface area contributed by atoms with Gasteiger partial charge in [0, 0.05) is 19.3 Å². The molecule has 0 aromatic carbocycles. The van der Waals surface area contributed by atoms with Crippen LogP contribution in [-0.4, -0.2) is 24.0 Å². The summed E-state index contributed by atoms with van der Waals surface area (Å²) in [7, 11) is 1.76. The third-order valence-corrected chi connectivity index (χ3v) is 3.60. The lowest BCUT2D eigenvalue weighted by molar-refractivity contribution is 0.0928. The molecular formula is C13H18ClN3O. The van der Waals surface area contributed by atoms with Gasteiger partial charge in [-0.05, 0) is 18.9 Å². The molecule has 0 spiro atoms. The Morgan fingerprint density at radius 1 is 1.39 bits per heavy atom. The van der Waals surface area contributed by atoms with Gasteiger partial charge in [0.2, 0.25) is 0 Å². The van der Waals surface area contributed by atoms with Crippen LogP contribution in [0.2, 0.25) is 5.02 Å². The molecule has 2 N–H and O–H groups in total. The topological polar surface area (TPSA) is 54.0 Å². The number of rotatable bonds is 3. The van der Waals surface area contributed by atoms with Crippen molar-refractivity contribution >= 4 is 23.3 Å². The normalized spacial score (nSPS) is 16.3. The Bertz CT molecular complexity index is 430. The van der Waals surface area contributed by atoms with E-state index in [1.54, 1.807) is 13.1 Å². The van der Waals surface area contributed by atoms with Gasteiger partial charge in [0.1, 0.15) is 5.82 Å². The Labute approximate surface area is 112 Å².